The summed E-state index contributed by atoms with van der Waals surface area (Å²) in [7, 11) is 0. The van der Waals surface area contributed by atoms with E-state index in [9.17, 15) is 9.59 Å². The molecule has 0 aliphatic heterocycles. The third kappa shape index (κ3) is 5.41. The molecule has 0 saturated heterocycles. The second kappa shape index (κ2) is 6.37. The zero-order valence-electron chi connectivity index (χ0n) is 9.22. The van der Waals surface area contributed by atoms with Crippen molar-refractivity contribution in [1.29, 1.82) is 0 Å². The molecule has 0 bridgehead atoms. The van der Waals surface area contributed by atoms with E-state index >= 15 is 0 Å². The van der Waals surface area contributed by atoms with E-state index in [4.69, 9.17) is 10.8 Å². The van der Waals surface area contributed by atoms with Gasteiger partial charge >= 0.3 is 12.1 Å². The van der Waals surface area contributed by atoms with E-state index in [2.05, 4.69) is 10.6 Å². The largest absolute Gasteiger partial charge is 0.465 e. The highest BCUT2D eigenvalue weighted by molar-refractivity contribution is 5.71. The minimum Gasteiger partial charge on any atom is -0.465 e. The molecule has 0 fully saturated rings. The van der Waals surface area contributed by atoms with Gasteiger partial charge in [0.25, 0.3) is 0 Å². The van der Waals surface area contributed by atoms with Crippen molar-refractivity contribution in [2.75, 3.05) is 6.54 Å². The quantitative estimate of drug-likeness (QED) is 0.600. The molecule has 1 atom stereocenters. The van der Waals surface area contributed by atoms with Crippen molar-refractivity contribution in [1.82, 2.24) is 10.6 Å². The van der Waals surface area contributed by atoms with Crippen molar-refractivity contribution in [2.24, 2.45) is 5.73 Å². The minimum atomic E-state index is -1.13. The first-order valence-corrected chi connectivity index (χ1v) is 5.14. The summed E-state index contributed by atoms with van der Waals surface area (Å²) < 4.78 is 0. The summed E-state index contributed by atoms with van der Waals surface area (Å²) in [5.74, 6) is 0. The highest BCUT2D eigenvalue weighted by Gasteiger charge is 2.12. The van der Waals surface area contributed by atoms with Gasteiger partial charge in [-0.3, -0.25) is 0 Å². The van der Waals surface area contributed by atoms with Crippen LogP contribution in [0.5, 0.6) is 0 Å². The lowest BCUT2D eigenvalue weighted by Gasteiger charge is -2.17. The van der Waals surface area contributed by atoms with Gasteiger partial charge in [-0.25, -0.2) is 9.59 Å². The van der Waals surface area contributed by atoms with Crippen molar-refractivity contribution in [2.45, 2.75) is 12.5 Å². The number of hydrogen-bond donors (Lipinski definition) is 4. The predicted octanol–water partition coefficient (Wildman–Crippen LogP) is 0.534. The first-order valence-electron chi connectivity index (χ1n) is 5.14. The van der Waals surface area contributed by atoms with E-state index in [1.54, 1.807) is 0 Å². The molecule has 1 rings (SSSR count). The molecule has 5 N–H and O–H groups in total. The van der Waals surface area contributed by atoms with Crippen molar-refractivity contribution in [3.63, 3.8) is 0 Å². The van der Waals surface area contributed by atoms with E-state index < -0.39 is 18.2 Å². The number of amides is 3. The number of primary amides is 1. The summed E-state index contributed by atoms with van der Waals surface area (Å²) in [6.45, 7) is 0.163. The molecule has 0 heterocycles. The Morgan fingerprint density at radius 1 is 1.29 bits per heavy atom. The summed E-state index contributed by atoms with van der Waals surface area (Å²) in [5.41, 5.74) is 5.92. The first-order chi connectivity index (χ1) is 8.08. The lowest BCUT2D eigenvalue weighted by atomic mass is 10.1. The monoisotopic (exact) mass is 237 g/mol. The number of nitrogens with one attached hydrogen (secondary N) is 2. The fraction of sp³-hybridized carbons (Fsp3) is 0.273. The van der Waals surface area contributed by atoms with E-state index in [0.29, 0.717) is 6.42 Å². The topological polar surface area (TPSA) is 104 Å². The number of carbonyl (C=O) groups excluding carboxylic acids is 1. The maximum absolute atomic E-state index is 10.6. The second-order valence-electron chi connectivity index (χ2n) is 3.58. The van der Waals surface area contributed by atoms with Gasteiger partial charge in [-0.1, -0.05) is 30.3 Å². The Morgan fingerprint density at radius 3 is 2.47 bits per heavy atom. The molecule has 3 amide bonds. The van der Waals surface area contributed by atoms with Crippen LogP contribution in [0.2, 0.25) is 0 Å². The van der Waals surface area contributed by atoms with E-state index in [1.165, 1.54) is 0 Å². The standard InChI is InChI=1S/C11H15N3O3/c12-10(15)13-7-9(14-11(16)17)6-8-4-2-1-3-5-8/h1-5,9,14H,6-7H2,(H,16,17)(H3,12,13,15). The fourth-order valence-corrected chi connectivity index (χ4v) is 1.47. The first kappa shape index (κ1) is 12.8. The Labute approximate surface area is 98.8 Å². The van der Waals surface area contributed by atoms with Crippen LogP contribution in [0, 0.1) is 0 Å². The Kier molecular flexibility index (Phi) is 4.80. The van der Waals surface area contributed by atoms with Crippen LogP contribution in [0.25, 0.3) is 0 Å². The number of nitrogens with two attached hydrogens (primary N) is 1. The van der Waals surface area contributed by atoms with Gasteiger partial charge in [-0.05, 0) is 12.0 Å². The van der Waals surface area contributed by atoms with Gasteiger partial charge in [-0.2, -0.15) is 0 Å². The summed E-state index contributed by atoms with van der Waals surface area (Å²) in [5, 5.41) is 13.4. The summed E-state index contributed by atoms with van der Waals surface area (Å²) in [4.78, 5) is 21.2. The average molecular weight is 237 g/mol. The molecule has 17 heavy (non-hydrogen) atoms. The normalized spacial score (nSPS) is 11.5. The van der Waals surface area contributed by atoms with Crippen LogP contribution in [-0.2, 0) is 6.42 Å². The Hall–Kier alpha value is -2.24. The number of hydrogen-bond acceptors (Lipinski definition) is 2. The SMILES string of the molecule is NC(=O)NCC(Cc1ccccc1)NC(=O)O. The predicted molar refractivity (Wildman–Crippen MR) is 62.7 cm³/mol. The zero-order valence-corrected chi connectivity index (χ0v) is 9.22. The van der Waals surface area contributed by atoms with Gasteiger partial charge in [0.15, 0.2) is 0 Å². The fourth-order valence-electron chi connectivity index (χ4n) is 1.47. The maximum Gasteiger partial charge on any atom is 0.404 e. The molecule has 1 aromatic carbocycles. The van der Waals surface area contributed by atoms with Gasteiger partial charge in [0.2, 0.25) is 0 Å². The van der Waals surface area contributed by atoms with Crippen LogP contribution >= 0.6 is 0 Å². The summed E-state index contributed by atoms with van der Waals surface area (Å²) in [6.07, 6.45) is -0.634. The van der Waals surface area contributed by atoms with E-state index in [-0.39, 0.29) is 6.54 Å². The van der Waals surface area contributed by atoms with Crippen molar-refractivity contribution in [3.8, 4) is 0 Å². The zero-order chi connectivity index (χ0) is 12.7. The van der Waals surface area contributed by atoms with Crippen LogP contribution in [0.4, 0.5) is 9.59 Å². The summed E-state index contributed by atoms with van der Waals surface area (Å²) >= 11 is 0. The van der Waals surface area contributed by atoms with E-state index in [1.807, 2.05) is 30.3 Å². The van der Waals surface area contributed by atoms with Gasteiger partial charge in [0.1, 0.15) is 0 Å². The van der Waals surface area contributed by atoms with Gasteiger partial charge < -0.3 is 21.5 Å². The molecule has 0 aliphatic carbocycles. The van der Waals surface area contributed by atoms with Crippen LogP contribution in [0.1, 0.15) is 5.56 Å². The number of rotatable bonds is 5. The number of benzene rings is 1. The molecule has 1 aromatic rings. The Morgan fingerprint density at radius 2 is 1.94 bits per heavy atom. The van der Waals surface area contributed by atoms with Gasteiger partial charge in [-0.15, -0.1) is 0 Å². The van der Waals surface area contributed by atoms with Crippen molar-refractivity contribution in [3.05, 3.63) is 35.9 Å². The molecule has 0 aromatic heterocycles. The second-order valence-corrected chi connectivity index (χ2v) is 3.58. The van der Waals surface area contributed by atoms with E-state index in [0.717, 1.165) is 5.56 Å². The smallest absolute Gasteiger partial charge is 0.404 e. The van der Waals surface area contributed by atoms with Gasteiger partial charge in [0, 0.05) is 6.54 Å². The Bertz CT molecular complexity index is 381. The number of carbonyl (C=O) groups is 2. The third-order valence-corrected chi connectivity index (χ3v) is 2.18. The minimum absolute atomic E-state index is 0.163. The highest BCUT2D eigenvalue weighted by Crippen LogP contribution is 2.02. The third-order valence-electron chi connectivity index (χ3n) is 2.18. The van der Waals surface area contributed by atoms with Gasteiger partial charge in [0.05, 0.1) is 6.04 Å². The van der Waals surface area contributed by atoms with Crippen molar-refractivity contribution >= 4 is 12.1 Å². The maximum atomic E-state index is 10.6. The molecule has 1 unspecified atom stereocenters. The highest BCUT2D eigenvalue weighted by atomic mass is 16.4. The lowest BCUT2D eigenvalue weighted by molar-refractivity contribution is 0.189. The Balaban J connectivity index is 2.56. The summed E-state index contributed by atoms with van der Waals surface area (Å²) in [6, 6.07) is 8.33. The van der Waals surface area contributed by atoms with Crippen LogP contribution < -0.4 is 16.4 Å². The molecule has 6 heteroatoms. The molecule has 6 nitrogen and oxygen atoms in total. The molecular formula is C11H15N3O3. The number of carboxylic acid groups (broad SMARTS) is 1. The molecule has 0 radical (unpaired) electrons. The van der Waals surface area contributed by atoms with Crippen LogP contribution in [0.15, 0.2) is 30.3 Å². The molecule has 0 saturated carbocycles. The van der Waals surface area contributed by atoms with Crippen molar-refractivity contribution < 1.29 is 14.7 Å². The average Bonchev–Trinajstić information content (AvgIpc) is 2.26. The molecule has 0 aliphatic rings. The molecular weight excluding hydrogens is 222 g/mol. The molecule has 0 spiro atoms. The lowest BCUT2D eigenvalue weighted by Crippen LogP contribution is -2.45. The number of urea groups is 1. The van der Waals surface area contributed by atoms with Crippen LogP contribution in [-0.4, -0.2) is 29.8 Å². The van der Waals surface area contributed by atoms with Crippen LogP contribution in [0.3, 0.4) is 0 Å². The molecule has 92 valence electrons.